The van der Waals surface area contributed by atoms with Crippen LogP contribution in [0, 0.1) is 11.8 Å². The summed E-state index contributed by atoms with van der Waals surface area (Å²) < 4.78 is 23.3. The van der Waals surface area contributed by atoms with Crippen LogP contribution in [0.4, 0.5) is 9.18 Å². The van der Waals surface area contributed by atoms with Crippen molar-refractivity contribution in [1.29, 1.82) is 0 Å². The fourth-order valence-electron chi connectivity index (χ4n) is 5.33. The molecule has 0 aliphatic carbocycles. The molecule has 2 fully saturated rings. The van der Waals surface area contributed by atoms with Crippen LogP contribution in [-0.2, 0) is 19.1 Å². The van der Waals surface area contributed by atoms with Gasteiger partial charge in [0.25, 0.3) is 0 Å². The lowest BCUT2D eigenvalue weighted by molar-refractivity contribution is -0.138. The van der Waals surface area contributed by atoms with Gasteiger partial charge in [0, 0.05) is 32.6 Å². The number of hydrogen-bond donors (Lipinski definition) is 2. The number of carboxylic acid groups (broad SMARTS) is 1. The molecule has 2 N–H and O–H groups in total. The molecule has 3 amide bonds. The first-order valence-electron chi connectivity index (χ1n) is 14.5. The number of likely N-dealkylation sites (tertiary alicyclic amines) is 2. The van der Waals surface area contributed by atoms with E-state index in [2.05, 4.69) is 5.32 Å². The number of carboxylic acids is 1. The number of piperidine rings is 2. The summed E-state index contributed by atoms with van der Waals surface area (Å²) in [5.41, 5.74) is 0.0240. The molecular formula is C30H44FN3O7. The number of aliphatic carboxylic acids is 1. The summed E-state index contributed by atoms with van der Waals surface area (Å²) in [4.78, 5) is 53.5. The van der Waals surface area contributed by atoms with Crippen molar-refractivity contribution in [3.8, 4) is 5.75 Å². The maximum Gasteiger partial charge on any atom is 0.410 e. The smallest absolute Gasteiger partial charge is 0.410 e. The highest BCUT2D eigenvalue weighted by atomic mass is 18.2. The molecule has 0 radical (unpaired) electrons. The summed E-state index contributed by atoms with van der Waals surface area (Å²) in [5.74, 6) is -1.04. The highest BCUT2D eigenvalue weighted by Gasteiger charge is 2.31. The number of benzene rings is 1. The van der Waals surface area contributed by atoms with Gasteiger partial charge >= 0.3 is 12.1 Å². The van der Waals surface area contributed by atoms with Gasteiger partial charge < -0.3 is 29.7 Å². The van der Waals surface area contributed by atoms with Crippen molar-refractivity contribution in [3.63, 3.8) is 0 Å². The molecule has 2 heterocycles. The van der Waals surface area contributed by atoms with Crippen LogP contribution in [-0.4, -0.2) is 83.8 Å². The number of hydrogen-bond acceptors (Lipinski definition) is 6. The van der Waals surface area contributed by atoms with E-state index in [1.807, 2.05) is 20.8 Å². The molecular weight excluding hydrogens is 532 g/mol. The molecule has 1 aromatic carbocycles. The predicted octanol–water partition coefficient (Wildman–Crippen LogP) is 4.33. The maximum atomic E-state index is 13.2. The van der Waals surface area contributed by atoms with Crippen molar-refractivity contribution in [2.75, 3.05) is 39.5 Å². The van der Waals surface area contributed by atoms with E-state index in [0.29, 0.717) is 62.7 Å². The normalized spacial score (nSPS) is 18.9. The number of halogens is 1. The molecule has 1 aromatic rings. The minimum atomic E-state index is -1.07. The molecule has 10 nitrogen and oxygen atoms in total. The highest BCUT2D eigenvalue weighted by molar-refractivity contribution is 5.82. The molecule has 228 valence electrons. The summed E-state index contributed by atoms with van der Waals surface area (Å²) >= 11 is 0. The Labute approximate surface area is 241 Å². The quantitative estimate of drug-likeness (QED) is 0.402. The van der Waals surface area contributed by atoms with Crippen molar-refractivity contribution in [3.05, 3.63) is 29.8 Å². The van der Waals surface area contributed by atoms with E-state index in [9.17, 15) is 28.7 Å². The average Bonchev–Trinajstić information content (AvgIpc) is 2.93. The lowest BCUT2D eigenvalue weighted by atomic mass is 9.91. The van der Waals surface area contributed by atoms with Crippen LogP contribution in [0.15, 0.2) is 24.3 Å². The lowest BCUT2D eigenvalue weighted by Gasteiger charge is -2.35. The Balaban J connectivity index is 1.49. The van der Waals surface area contributed by atoms with Gasteiger partial charge in [-0.1, -0.05) is 12.1 Å². The summed E-state index contributed by atoms with van der Waals surface area (Å²) in [7, 11) is 0. The first-order chi connectivity index (χ1) is 19.4. The highest BCUT2D eigenvalue weighted by Crippen LogP contribution is 2.27. The number of ether oxygens (including phenoxy) is 2. The zero-order valence-corrected chi connectivity index (χ0v) is 24.4. The van der Waals surface area contributed by atoms with Gasteiger partial charge in [-0.2, -0.15) is 0 Å². The number of amides is 3. The van der Waals surface area contributed by atoms with E-state index in [4.69, 9.17) is 9.47 Å². The zero-order valence-electron chi connectivity index (χ0n) is 24.4. The third kappa shape index (κ3) is 10.5. The Kier molecular flexibility index (Phi) is 11.8. The summed E-state index contributed by atoms with van der Waals surface area (Å²) in [6.07, 6.45) is 3.44. The molecule has 0 spiro atoms. The molecule has 2 atom stereocenters. The van der Waals surface area contributed by atoms with Crippen LogP contribution < -0.4 is 10.1 Å². The van der Waals surface area contributed by atoms with E-state index in [-0.39, 0.29) is 30.9 Å². The van der Waals surface area contributed by atoms with E-state index >= 15 is 0 Å². The van der Waals surface area contributed by atoms with E-state index in [1.165, 1.54) is 0 Å². The summed E-state index contributed by atoms with van der Waals surface area (Å²) in [6.45, 7) is 6.88. The van der Waals surface area contributed by atoms with Gasteiger partial charge in [0.15, 0.2) is 0 Å². The topological polar surface area (TPSA) is 125 Å². The first kappa shape index (κ1) is 32.1. The van der Waals surface area contributed by atoms with Gasteiger partial charge in [0.1, 0.15) is 24.6 Å². The van der Waals surface area contributed by atoms with Crippen molar-refractivity contribution in [2.24, 2.45) is 11.8 Å². The predicted molar refractivity (Wildman–Crippen MR) is 150 cm³/mol. The molecule has 2 saturated heterocycles. The van der Waals surface area contributed by atoms with Crippen molar-refractivity contribution in [2.45, 2.75) is 77.4 Å². The first-order valence-corrected chi connectivity index (χ1v) is 14.5. The lowest BCUT2D eigenvalue weighted by Crippen LogP contribution is -2.46. The van der Waals surface area contributed by atoms with Gasteiger partial charge in [-0.05, 0) is 76.5 Å². The Morgan fingerprint density at radius 2 is 1.83 bits per heavy atom. The maximum absolute atomic E-state index is 13.2. The van der Waals surface area contributed by atoms with Crippen LogP contribution in [0.1, 0.15) is 77.3 Å². The van der Waals surface area contributed by atoms with Gasteiger partial charge in [-0.25, -0.2) is 9.18 Å². The van der Waals surface area contributed by atoms with Crippen molar-refractivity contribution >= 4 is 23.9 Å². The second kappa shape index (κ2) is 15.0. The molecule has 2 aliphatic rings. The standard InChI is InChI=1S/C30H44FN3O7/c1-30(2,3)41-29(39)33-15-11-21(12-16-33)9-10-26(35)34-14-5-7-23(20-34)28(38)32-25(19-27(36)37)22-6-4-8-24(18-22)40-17-13-31/h4,6,8,18,21,23,25H,5,7,9-17,19-20H2,1-3H3,(H,32,38)(H,36,37)/t23-,25+/m1/s1/i31-1. The van der Waals surface area contributed by atoms with Crippen LogP contribution in [0.5, 0.6) is 5.75 Å². The Morgan fingerprint density at radius 1 is 1.10 bits per heavy atom. The van der Waals surface area contributed by atoms with E-state index < -0.39 is 30.2 Å². The van der Waals surface area contributed by atoms with Crippen LogP contribution in [0.2, 0.25) is 0 Å². The van der Waals surface area contributed by atoms with Crippen LogP contribution >= 0.6 is 0 Å². The molecule has 2 aliphatic heterocycles. The monoisotopic (exact) mass is 576 g/mol. The third-order valence-corrected chi connectivity index (χ3v) is 7.48. The van der Waals surface area contributed by atoms with Gasteiger partial charge in [-0.3, -0.25) is 14.4 Å². The SMILES string of the molecule is CC(C)(C)OC(=O)N1CCC(CCC(=O)N2CCC[C@@H](C(=O)N[C@@H](CC(=O)O)c3cccc(OCC[18F])c3)C2)CC1. The van der Waals surface area contributed by atoms with Gasteiger partial charge in [0.2, 0.25) is 11.8 Å². The van der Waals surface area contributed by atoms with Crippen molar-refractivity contribution < 1.29 is 38.1 Å². The Bertz CT molecular complexity index is 1050. The van der Waals surface area contributed by atoms with Crippen LogP contribution in [0.25, 0.3) is 0 Å². The van der Waals surface area contributed by atoms with Gasteiger partial charge in [-0.15, -0.1) is 0 Å². The summed E-state index contributed by atoms with van der Waals surface area (Å²) in [5, 5.41) is 12.3. The van der Waals surface area contributed by atoms with Gasteiger partial charge in [0.05, 0.1) is 18.4 Å². The van der Waals surface area contributed by atoms with E-state index in [1.54, 1.807) is 34.1 Å². The minimum absolute atomic E-state index is 0.0110. The second-order valence-corrected chi connectivity index (χ2v) is 11.9. The average molecular weight is 577 g/mol. The Morgan fingerprint density at radius 3 is 2.49 bits per heavy atom. The van der Waals surface area contributed by atoms with E-state index in [0.717, 1.165) is 19.3 Å². The molecule has 0 saturated carbocycles. The fourth-order valence-corrected chi connectivity index (χ4v) is 5.33. The fraction of sp³-hybridized carbons (Fsp3) is 0.667. The number of carbonyl (C=O) groups is 4. The largest absolute Gasteiger partial charge is 0.491 e. The molecule has 3 rings (SSSR count). The molecule has 0 bridgehead atoms. The zero-order chi connectivity index (χ0) is 30.0. The molecule has 41 heavy (non-hydrogen) atoms. The number of alkyl halides is 1. The number of carbonyl (C=O) groups excluding carboxylic acids is 3. The number of nitrogens with one attached hydrogen (secondary N) is 1. The molecule has 0 aromatic heterocycles. The third-order valence-electron chi connectivity index (χ3n) is 7.48. The molecule has 0 unspecified atom stereocenters. The van der Waals surface area contributed by atoms with Crippen molar-refractivity contribution in [1.82, 2.24) is 15.1 Å². The van der Waals surface area contributed by atoms with Crippen LogP contribution in [0.3, 0.4) is 0 Å². The number of nitrogens with zero attached hydrogens (tertiary/aromatic N) is 2. The Hall–Kier alpha value is -3.37. The second-order valence-electron chi connectivity index (χ2n) is 11.9. The summed E-state index contributed by atoms with van der Waals surface area (Å²) in [6, 6.07) is 5.84. The minimum Gasteiger partial charge on any atom is -0.491 e. The number of rotatable bonds is 11. The molecule has 11 heteroatoms.